The molecule has 19 heavy (non-hydrogen) atoms. The van der Waals surface area contributed by atoms with Crippen LogP contribution in [-0.4, -0.2) is 23.9 Å². The van der Waals surface area contributed by atoms with Crippen molar-refractivity contribution in [1.82, 2.24) is 4.90 Å². The fraction of sp³-hybridized carbons (Fsp3) is 0.400. The number of benzene rings is 1. The zero-order chi connectivity index (χ0) is 13.4. The van der Waals surface area contributed by atoms with Gasteiger partial charge in [0.25, 0.3) is 5.91 Å². The van der Waals surface area contributed by atoms with E-state index in [1.165, 1.54) is 0 Å². The molecule has 1 unspecified atom stereocenters. The van der Waals surface area contributed by atoms with Crippen LogP contribution >= 0.6 is 11.3 Å². The lowest BCUT2D eigenvalue weighted by atomic mass is 10.1. The summed E-state index contributed by atoms with van der Waals surface area (Å²) in [7, 11) is 0. The molecule has 4 heteroatoms. The molecular formula is C15H18N2OS. The summed E-state index contributed by atoms with van der Waals surface area (Å²) in [5, 5.41) is 1.07. The second kappa shape index (κ2) is 4.85. The molecule has 100 valence electrons. The third kappa shape index (κ3) is 2.32. The number of likely N-dealkylation sites (tertiary alicyclic amines) is 1. The largest absolute Gasteiger partial charge is 0.399 e. The summed E-state index contributed by atoms with van der Waals surface area (Å²) in [6, 6.07) is 7.78. The highest BCUT2D eigenvalue weighted by Gasteiger charge is 2.26. The number of anilines is 1. The van der Waals surface area contributed by atoms with E-state index >= 15 is 0 Å². The van der Waals surface area contributed by atoms with Crippen molar-refractivity contribution < 1.29 is 4.79 Å². The van der Waals surface area contributed by atoms with E-state index in [4.69, 9.17) is 5.73 Å². The van der Waals surface area contributed by atoms with Crippen LogP contribution in [0.2, 0.25) is 0 Å². The normalized spacial score (nSPS) is 19.2. The first-order valence-corrected chi connectivity index (χ1v) is 7.57. The van der Waals surface area contributed by atoms with E-state index in [-0.39, 0.29) is 5.91 Å². The van der Waals surface area contributed by atoms with Crippen molar-refractivity contribution >= 4 is 33.0 Å². The van der Waals surface area contributed by atoms with Crippen molar-refractivity contribution in [2.75, 3.05) is 18.8 Å². The van der Waals surface area contributed by atoms with E-state index in [2.05, 4.69) is 6.92 Å². The van der Waals surface area contributed by atoms with Crippen molar-refractivity contribution in [3.63, 3.8) is 0 Å². The highest BCUT2D eigenvalue weighted by Crippen LogP contribution is 2.29. The van der Waals surface area contributed by atoms with Gasteiger partial charge in [-0.2, -0.15) is 0 Å². The molecule has 2 heterocycles. The molecule has 2 N–H and O–H groups in total. The number of fused-ring (bicyclic) bond motifs is 1. The van der Waals surface area contributed by atoms with Crippen LogP contribution in [0.3, 0.4) is 0 Å². The van der Waals surface area contributed by atoms with Gasteiger partial charge in [0.1, 0.15) is 0 Å². The molecule has 1 aromatic heterocycles. The lowest BCUT2D eigenvalue weighted by Crippen LogP contribution is -2.27. The smallest absolute Gasteiger partial charge is 0.263 e. The fourth-order valence-corrected chi connectivity index (χ4v) is 3.68. The predicted octanol–water partition coefficient (Wildman–Crippen LogP) is 3.36. The van der Waals surface area contributed by atoms with Gasteiger partial charge < -0.3 is 10.6 Å². The van der Waals surface area contributed by atoms with Crippen molar-refractivity contribution in [1.29, 1.82) is 0 Å². The summed E-state index contributed by atoms with van der Waals surface area (Å²) in [4.78, 5) is 15.3. The molecule has 1 amide bonds. The minimum Gasteiger partial charge on any atom is -0.399 e. The number of amides is 1. The SMILES string of the molecule is CCC1CCN(C(=O)c2cc3cc(N)ccc3s2)C1. The molecule has 3 rings (SSSR count). The van der Waals surface area contributed by atoms with Crippen LogP contribution < -0.4 is 5.73 Å². The number of nitrogen functional groups attached to an aromatic ring is 1. The minimum atomic E-state index is 0.177. The lowest BCUT2D eigenvalue weighted by Gasteiger charge is -2.14. The number of hydrogen-bond donors (Lipinski definition) is 1. The van der Waals surface area contributed by atoms with Gasteiger partial charge in [-0.15, -0.1) is 11.3 Å². The van der Waals surface area contributed by atoms with Gasteiger partial charge in [0.05, 0.1) is 4.88 Å². The Bertz CT molecular complexity index is 620. The lowest BCUT2D eigenvalue weighted by molar-refractivity contribution is 0.0792. The molecule has 0 saturated carbocycles. The van der Waals surface area contributed by atoms with Gasteiger partial charge in [-0.3, -0.25) is 4.79 Å². The topological polar surface area (TPSA) is 46.3 Å². The average Bonchev–Trinajstić information content (AvgIpc) is 3.03. The molecule has 1 saturated heterocycles. The highest BCUT2D eigenvalue weighted by atomic mass is 32.1. The summed E-state index contributed by atoms with van der Waals surface area (Å²) >= 11 is 1.56. The van der Waals surface area contributed by atoms with Crippen LogP contribution in [0.25, 0.3) is 10.1 Å². The second-order valence-corrected chi connectivity index (χ2v) is 6.31. The van der Waals surface area contributed by atoms with E-state index in [0.717, 1.165) is 46.6 Å². The number of carbonyl (C=O) groups is 1. The van der Waals surface area contributed by atoms with E-state index < -0.39 is 0 Å². The Kier molecular flexibility index (Phi) is 3.19. The maximum Gasteiger partial charge on any atom is 0.263 e. The summed E-state index contributed by atoms with van der Waals surface area (Å²) in [6.07, 6.45) is 2.30. The standard InChI is InChI=1S/C15H18N2OS/c1-2-10-5-6-17(9-10)15(18)14-8-11-7-12(16)3-4-13(11)19-14/h3-4,7-8,10H,2,5-6,9,16H2,1H3. The molecule has 0 spiro atoms. The number of thiophene rings is 1. The third-order valence-corrected chi connectivity index (χ3v) is 5.01. The maximum absolute atomic E-state index is 12.5. The molecule has 1 aromatic carbocycles. The Morgan fingerprint density at radius 1 is 1.47 bits per heavy atom. The Balaban J connectivity index is 1.86. The van der Waals surface area contributed by atoms with Gasteiger partial charge in [-0.05, 0) is 42.0 Å². The van der Waals surface area contributed by atoms with E-state index in [1.54, 1.807) is 11.3 Å². The third-order valence-electron chi connectivity index (χ3n) is 3.90. The van der Waals surface area contributed by atoms with E-state index in [0.29, 0.717) is 5.92 Å². The Morgan fingerprint density at radius 3 is 3.05 bits per heavy atom. The molecule has 3 nitrogen and oxygen atoms in total. The molecule has 1 atom stereocenters. The quantitative estimate of drug-likeness (QED) is 0.854. The summed E-state index contributed by atoms with van der Waals surface area (Å²) in [6.45, 7) is 4.00. The minimum absolute atomic E-state index is 0.177. The summed E-state index contributed by atoms with van der Waals surface area (Å²) in [5.74, 6) is 0.852. The van der Waals surface area contributed by atoms with Crippen molar-refractivity contribution in [3.05, 3.63) is 29.1 Å². The first kappa shape index (κ1) is 12.5. The number of hydrogen-bond acceptors (Lipinski definition) is 3. The molecule has 0 radical (unpaired) electrons. The number of nitrogens with two attached hydrogens (primary N) is 1. The van der Waals surface area contributed by atoms with Crippen molar-refractivity contribution in [3.8, 4) is 0 Å². The summed E-state index contributed by atoms with van der Waals surface area (Å²) < 4.78 is 1.13. The van der Waals surface area contributed by atoms with Crippen LogP contribution in [-0.2, 0) is 0 Å². The van der Waals surface area contributed by atoms with E-state index in [9.17, 15) is 4.79 Å². The number of rotatable bonds is 2. The monoisotopic (exact) mass is 274 g/mol. The molecule has 0 aliphatic carbocycles. The van der Waals surface area contributed by atoms with Crippen LogP contribution in [0.4, 0.5) is 5.69 Å². The fourth-order valence-electron chi connectivity index (χ4n) is 2.67. The molecule has 0 bridgehead atoms. The molecule has 1 fully saturated rings. The second-order valence-electron chi connectivity index (χ2n) is 5.22. The summed E-state index contributed by atoms with van der Waals surface area (Å²) in [5.41, 5.74) is 6.52. The van der Waals surface area contributed by atoms with Crippen molar-refractivity contribution in [2.45, 2.75) is 19.8 Å². The highest BCUT2D eigenvalue weighted by molar-refractivity contribution is 7.20. The zero-order valence-corrected chi connectivity index (χ0v) is 11.9. The first-order chi connectivity index (χ1) is 9.17. The molecular weight excluding hydrogens is 256 g/mol. The number of carbonyl (C=O) groups excluding carboxylic acids is 1. The van der Waals surface area contributed by atoms with Crippen LogP contribution in [0, 0.1) is 5.92 Å². The Morgan fingerprint density at radius 2 is 2.32 bits per heavy atom. The number of nitrogens with zero attached hydrogens (tertiary/aromatic N) is 1. The van der Waals surface area contributed by atoms with Crippen molar-refractivity contribution in [2.24, 2.45) is 5.92 Å². The molecule has 2 aromatic rings. The first-order valence-electron chi connectivity index (χ1n) is 6.75. The Hall–Kier alpha value is -1.55. The van der Waals surface area contributed by atoms with Gasteiger partial charge in [-0.1, -0.05) is 13.3 Å². The van der Waals surface area contributed by atoms with Crippen LogP contribution in [0.15, 0.2) is 24.3 Å². The van der Waals surface area contributed by atoms with Gasteiger partial charge in [-0.25, -0.2) is 0 Å². The maximum atomic E-state index is 12.5. The zero-order valence-electron chi connectivity index (χ0n) is 11.1. The van der Waals surface area contributed by atoms with Crippen LogP contribution in [0.1, 0.15) is 29.4 Å². The van der Waals surface area contributed by atoms with Gasteiger partial charge in [0.2, 0.25) is 0 Å². The van der Waals surface area contributed by atoms with Gasteiger partial charge in [0.15, 0.2) is 0 Å². The predicted molar refractivity (Wildman–Crippen MR) is 80.5 cm³/mol. The van der Waals surface area contributed by atoms with Crippen LogP contribution in [0.5, 0.6) is 0 Å². The van der Waals surface area contributed by atoms with Gasteiger partial charge >= 0.3 is 0 Å². The van der Waals surface area contributed by atoms with Gasteiger partial charge in [0, 0.05) is 23.5 Å². The average molecular weight is 274 g/mol. The van der Waals surface area contributed by atoms with E-state index in [1.807, 2.05) is 29.2 Å². The molecule has 1 aliphatic rings. The molecule has 1 aliphatic heterocycles. The Labute approximate surface area is 117 Å².